The number of nitrogens with zero attached hydrogens (tertiary/aromatic N) is 1. The van der Waals surface area contributed by atoms with Crippen LogP contribution in [0.15, 0.2) is 0 Å². The summed E-state index contributed by atoms with van der Waals surface area (Å²) in [7, 11) is 0. The SMILES string of the molecule is C[C@H](NNC1CCCCN1C(=O)O)C(=O)O. The lowest BCUT2D eigenvalue weighted by molar-refractivity contribution is -0.139. The van der Waals surface area contributed by atoms with Crippen LogP contribution in [0.5, 0.6) is 0 Å². The molecule has 1 rings (SSSR count). The number of hydrogen-bond acceptors (Lipinski definition) is 4. The Bertz CT molecular complexity index is 271. The van der Waals surface area contributed by atoms with Gasteiger partial charge in [-0.2, -0.15) is 0 Å². The molecule has 2 atom stereocenters. The van der Waals surface area contributed by atoms with E-state index in [9.17, 15) is 9.59 Å². The lowest BCUT2D eigenvalue weighted by atomic mass is 10.1. The predicted molar refractivity (Wildman–Crippen MR) is 55.7 cm³/mol. The van der Waals surface area contributed by atoms with Gasteiger partial charge in [-0.25, -0.2) is 15.6 Å². The first kappa shape index (κ1) is 12.7. The van der Waals surface area contributed by atoms with Crippen molar-refractivity contribution in [2.75, 3.05) is 6.54 Å². The maximum atomic E-state index is 10.9. The molecular weight excluding hydrogens is 214 g/mol. The van der Waals surface area contributed by atoms with Crippen LogP contribution in [0.2, 0.25) is 0 Å². The first-order valence-electron chi connectivity index (χ1n) is 5.26. The fourth-order valence-corrected chi connectivity index (χ4v) is 1.59. The number of carbonyl (C=O) groups is 2. The number of piperidine rings is 1. The maximum Gasteiger partial charge on any atom is 0.408 e. The quantitative estimate of drug-likeness (QED) is 0.510. The molecule has 1 saturated heterocycles. The average Bonchev–Trinajstić information content (AvgIpc) is 2.25. The molecule has 0 saturated carbocycles. The monoisotopic (exact) mass is 231 g/mol. The molecule has 1 aliphatic heterocycles. The highest BCUT2D eigenvalue weighted by atomic mass is 16.4. The van der Waals surface area contributed by atoms with Gasteiger partial charge in [0.2, 0.25) is 0 Å². The summed E-state index contributed by atoms with van der Waals surface area (Å²) in [5.74, 6) is -0.981. The molecule has 0 radical (unpaired) electrons. The van der Waals surface area contributed by atoms with Gasteiger partial charge < -0.3 is 10.2 Å². The van der Waals surface area contributed by atoms with Gasteiger partial charge >= 0.3 is 12.1 Å². The van der Waals surface area contributed by atoms with Crippen LogP contribution >= 0.6 is 0 Å². The zero-order valence-corrected chi connectivity index (χ0v) is 9.14. The predicted octanol–water partition coefficient (Wildman–Crippen LogP) is 0.0437. The Morgan fingerprint density at radius 1 is 1.38 bits per heavy atom. The van der Waals surface area contributed by atoms with Gasteiger partial charge in [0, 0.05) is 6.54 Å². The fourth-order valence-electron chi connectivity index (χ4n) is 1.59. The van der Waals surface area contributed by atoms with Gasteiger partial charge in [-0.15, -0.1) is 0 Å². The van der Waals surface area contributed by atoms with Crippen molar-refractivity contribution in [2.45, 2.75) is 38.4 Å². The smallest absolute Gasteiger partial charge is 0.408 e. The molecule has 92 valence electrons. The lowest BCUT2D eigenvalue weighted by Gasteiger charge is -2.34. The molecule has 1 aliphatic rings. The Labute approximate surface area is 93.4 Å². The maximum absolute atomic E-state index is 10.9. The highest BCUT2D eigenvalue weighted by molar-refractivity contribution is 5.72. The number of hydrazine groups is 1. The molecule has 7 heteroatoms. The van der Waals surface area contributed by atoms with Crippen molar-refractivity contribution in [2.24, 2.45) is 0 Å². The number of carboxylic acid groups (broad SMARTS) is 2. The molecule has 0 aromatic rings. The molecule has 1 amide bonds. The second-order valence-electron chi connectivity index (χ2n) is 3.84. The van der Waals surface area contributed by atoms with Gasteiger partial charge in [0.05, 0.1) is 6.17 Å². The Hall–Kier alpha value is -1.34. The topological polar surface area (TPSA) is 102 Å². The van der Waals surface area contributed by atoms with Crippen LogP contribution in [0.25, 0.3) is 0 Å². The van der Waals surface area contributed by atoms with E-state index in [0.717, 1.165) is 12.8 Å². The number of aliphatic carboxylic acids is 1. The van der Waals surface area contributed by atoms with Crippen molar-refractivity contribution in [1.29, 1.82) is 0 Å². The molecule has 16 heavy (non-hydrogen) atoms. The average molecular weight is 231 g/mol. The summed E-state index contributed by atoms with van der Waals surface area (Å²) in [6.45, 7) is 1.97. The van der Waals surface area contributed by atoms with Gasteiger partial charge in [0.1, 0.15) is 6.04 Å². The van der Waals surface area contributed by atoms with E-state index in [4.69, 9.17) is 10.2 Å². The third-order valence-corrected chi connectivity index (χ3v) is 2.59. The number of likely N-dealkylation sites (tertiary alicyclic amines) is 1. The largest absolute Gasteiger partial charge is 0.480 e. The Morgan fingerprint density at radius 3 is 2.62 bits per heavy atom. The van der Waals surface area contributed by atoms with E-state index in [1.165, 1.54) is 11.8 Å². The Morgan fingerprint density at radius 2 is 2.06 bits per heavy atom. The molecule has 1 heterocycles. The standard InChI is InChI=1S/C9H17N3O4/c1-6(8(13)14)10-11-7-4-2-3-5-12(7)9(15)16/h6-7,10-11H,2-5H2,1H3,(H,13,14)(H,15,16)/t6-,7?/m0/s1. The van der Waals surface area contributed by atoms with E-state index in [1.807, 2.05) is 0 Å². The molecule has 0 spiro atoms. The fraction of sp³-hybridized carbons (Fsp3) is 0.778. The first-order valence-corrected chi connectivity index (χ1v) is 5.26. The van der Waals surface area contributed by atoms with E-state index in [-0.39, 0.29) is 6.17 Å². The van der Waals surface area contributed by atoms with E-state index in [0.29, 0.717) is 13.0 Å². The van der Waals surface area contributed by atoms with Crippen molar-refractivity contribution in [1.82, 2.24) is 15.8 Å². The zero-order chi connectivity index (χ0) is 12.1. The van der Waals surface area contributed by atoms with E-state index < -0.39 is 18.1 Å². The summed E-state index contributed by atoms with van der Waals surface area (Å²) < 4.78 is 0. The number of nitrogens with one attached hydrogen (secondary N) is 2. The van der Waals surface area contributed by atoms with Gasteiger partial charge in [0.25, 0.3) is 0 Å². The van der Waals surface area contributed by atoms with Crippen molar-refractivity contribution < 1.29 is 19.8 Å². The molecule has 0 aromatic carbocycles. The zero-order valence-electron chi connectivity index (χ0n) is 9.14. The van der Waals surface area contributed by atoms with Crippen molar-refractivity contribution in [3.05, 3.63) is 0 Å². The van der Waals surface area contributed by atoms with E-state index in [1.54, 1.807) is 0 Å². The third kappa shape index (κ3) is 3.35. The van der Waals surface area contributed by atoms with Crippen LogP contribution in [0, 0.1) is 0 Å². The minimum absolute atomic E-state index is 0.354. The summed E-state index contributed by atoms with van der Waals surface area (Å²) >= 11 is 0. The highest BCUT2D eigenvalue weighted by Gasteiger charge is 2.26. The third-order valence-electron chi connectivity index (χ3n) is 2.59. The molecule has 0 aromatic heterocycles. The first-order chi connectivity index (χ1) is 7.52. The minimum Gasteiger partial charge on any atom is -0.480 e. The van der Waals surface area contributed by atoms with Crippen LogP contribution in [0.4, 0.5) is 4.79 Å². The summed E-state index contributed by atoms with van der Waals surface area (Å²) in [5.41, 5.74) is 5.33. The van der Waals surface area contributed by atoms with Crippen LogP contribution in [0.1, 0.15) is 26.2 Å². The summed E-state index contributed by atoms with van der Waals surface area (Å²) in [6.07, 6.45) is 1.13. The van der Waals surface area contributed by atoms with Crippen LogP contribution in [-0.2, 0) is 4.79 Å². The van der Waals surface area contributed by atoms with E-state index >= 15 is 0 Å². The molecule has 1 unspecified atom stereocenters. The Balaban J connectivity index is 2.44. The van der Waals surface area contributed by atoms with Gasteiger partial charge in [0.15, 0.2) is 0 Å². The van der Waals surface area contributed by atoms with Gasteiger partial charge in [-0.05, 0) is 26.2 Å². The van der Waals surface area contributed by atoms with Crippen LogP contribution in [-0.4, -0.2) is 45.9 Å². The van der Waals surface area contributed by atoms with E-state index in [2.05, 4.69) is 10.9 Å². The lowest BCUT2D eigenvalue weighted by Crippen LogP contribution is -2.57. The second kappa shape index (κ2) is 5.66. The number of carboxylic acids is 1. The number of hydrogen-bond donors (Lipinski definition) is 4. The molecule has 0 aliphatic carbocycles. The van der Waals surface area contributed by atoms with Crippen molar-refractivity contribution in [3.8, 4) is 0 Å². The Kier molecular flexibility index (Phi) is 4.51. The second-order valence-corrected chi connectivity index (χ2v) is 3.84. The molecule has 7 nitrogen and oxygen atoms in total. The van der Waals surface area contributed by atoms with Crippen LogP contribution < -0.4 is 10.9 Å². The van der Waals surface area contributed by atoms with Gasteiger partial charge in [-0.1, -0.05) is 0 Å². The molecule has 0 bridgehead atoms. The van der Waals surface area contributed by atoms with Crippen LogP contribution in [0.3, 0.4) is 0 Å². The number of amides is 1. The molecular formula is C9H17N3O4. The summed E-state index contributed by atoms with van der Waals surface area (Å²) in [4.78, 5) is 22.7. The van der Waals surface area contributed by atoms with Gasteiger partial charge in [-0.3, -0.25) is 9.69 Å². The number of rotatable bonds is 4. The molecule has 4 N–H and O–H groups in total. The summed E-state index contributed by atoms with van der Waals surface area (Å²) in [6, 6.07) is -0.752. The summed E-state index contributed by atoms with van der Waals surface area (Å²) in [5, 5.41) is 17.6. The normalized spacial score (nSPS) is 22.8. The highest BCUT2D eigenvalue weighted by Crippen LogP contribution is 2.14. The van der Waals surface area contributed by atoms with Crippen molar-refractivity contribution >= 4 is 12.1 Å². The molecule has 1 fully saturated rings. The van der Waals surface area contributed by atoms with Crippen molar-refractivity contribution in [3.63, 3.8) is 0 Å². The minimum atomic E-state index is -0.984.